The molecule has 3 rings (SSSR count). The first-order valence-electron chi connectivity index (χ1n) is 11.6. The fraction of sp³-hybridized carbons (Fsp3) is 0.280. The molecule has 15 heteroatoms. The average Bonchev–Trinajstić information content (AvgIpc) is 2.92. The molecule has 3 aromatic carbocycles. The molecular formula is C25H34O12S3. The van der Waals surface area contributed by atoms with Gasteiger partial charge in [-0.05, 0) is 42.8 Å². The van der Waals surface area contributed by atoms with Crippen LogP contribution in [0, 0.1) is 0 Å². The van der Waals surface area contributed by atoms with Crippen molar-refractivity contribution in [3.8, 4) is 0 Å². The highest BCUT2D eigenvalue weighted by Crippen LogP contribution is 2.07. The Kier molecular flexibility index (Phi) is 17.3. The molecule has 2 atom stereocenters. The molecule has 12 nitrogen and oxygen atoms in total. The standard InChI is InChI=1S/C7H16O3.3C6H6O3S/c1-2-3-4-6(9)7(10)5-8;3*7-10(8,9)6-4-2-1-3-5-6/h6-10H,2-5H2,1H3;3*1-5H,(H,7,8,9). The van der Waals surface area contributed by atoms with Gasteiger partial charge in [-0.1, -0.05) is 74.4 Å². The summed E-state index contributed by atoms with van der Waals surface area (Å²) < 4.78 is 87.7. The van der Waals surface area contributed by atoms with Gasteiger partial charge in [0.2, 0.25) is 0 Å². The van der Waals surface area contributed by atoms with Gasteiger partial charge in [-0.25, -0.2) is 0 Å². The molecule has 224 valence electrons. The van der Waals surface area contributed by atoms with Crippen molar-refractivity contribution in [3.05, 3.63) is 91.0 Å². The highest BCUT2D eigenvalue weighted by Gasteiger charge is 2.13. The largest absolute Gasteiger partial charge is 0.394 e. The lowest BCUT2D eigenvalue weighted by molar-refractivity contribution is -0.0183. The molecular weight excluding hydrogens is 588 g/mol. The molecule has 0 heterocycles. The van der Waals surface area contributed by atoms with E-state index in [9.17, 15) is 25.3 Å². The Bertz CT molecular complexity index is 1240. The third-order valence-electron chi connectivity index (χ3n) is 4.61. The van der Waals surface area contributed by atoms with Gasteiger partial charge in [0.05, 0.1) is 27.4 Å². The molecule has 0 aromatic heterocycles. The molecule has 0 amide bonds. The number of hydrogen-bond donors (Lipinski definition) is 6. The molecule has 40 heavy (non-hydrogen) atoms. The molecule has 0 aliphatic heterocycles. The first kappa shape index (κ1) is 37.3. The van der Waals surface area contributed by atoms with Crippen LogP contribution in [-0.2, 0) is 30.4 Å². The summed E-state index contributed by atoms with van der Waals surface area (Å²) in [6, 6.07) is 22.3. The van der Waals surface area contributed by atoms with E-state index >= 15 is 0 Å². The van der Waals surface area contributed by atoms with E-state index in [-0.39, 0.29) is 21.3 Å². The van der Waals surface area contributed by atoms with Crippen molar-refractivity contribution in [1.29, 1.82) is 0 Å². The summed E-state index contributed by atoms with van der Waals surface area (Å²) in [5, 5.41) is 26.3. The lowest BCUT2D eigenvalue weighted by atomic mass is 10.1. The average molecular weight is 623 g/mol. The molecule has 0 saturated carbocycles. The van der Waals surface area contributed by atoms with E-state index < -0.39 is 42.6 Å². The Morgan fingerprint density at radius 2 is 0.825 bits per heavy atom. The Balaban J connectivity index is 0.000000507. The number of aliphatic hydroxyl groups is 3. The summed E-state index contributed by atoms with van der Waals surface area (Å²) in [7, 11) is -12.0. The molecule has 0 radical (unpaired) electrons. The lowest BCUT2D eigenvalue weighted by Crippen LogP contribution is -2.28. The first-order valence-corrected chi connectivity index (χ1v) is 15.9. The van der Waals surface area contributed by atoms with Gasteiger partial charge in [-0.3, -0.25) is 13.7 Å². The minimum Gasteiger partial charge on any atom is -0.394 e. The fourth-order valence-electron chi connectivity index (χ4n) is 2.50. The number of hydrogen-bond acceptors (Lipinski definition) is 9. The van der Waals surface area contributed by atoms with Crippen molar-refractivity contribution in [3.63, 3.8) is 0 Å². The van der Waals surface area contributed by atoms with E-state index in [2.05, 4.69) is 0 Å². The normalized spacial score (nSPS) is 12.7. The molecule has 0 bridgehead atoms. The Labute approximate surface area is 234 Å². The number of benzene rings is 3. The second kappa shape index (κ2) is 18.6. The highest BCUT2D eigenvalue weighted by atomic mass is 32.2. The predicted molar refractivity (Wildman–Crippen MR) is 147 cm³/mol. The highest BCUT2D eigenvalue weighted by molar-refractivity contribution is 7.86. The third kappa shape index (κ3) is 17.1. The van der Waals surface area contributed by atoms with Crippen LogP contribution in [0.1, 0.15) is 26.2 Å². The van der Waals surface area contributed by atoms with Gasteiger partial charge < -0.3 is 15.3 Å². The maximum absolute atomic E-state index is 10.4. The van der Waals surface area contributed by atoms with Crippen LogP contribution >= 0.6 is 0 Å². The fourth-order valence-corrected chi connectivity index (χ4v) is 4.01. The van der Waals surface area contributed by atoms with Crippen molar-refractivity contribution < 1.29 is 54.2 Å². The molecule has 6 N–H and O–H groups in total. The van der Waals surface area contributed by atoms with Gasteiger partial charge in [0.25, 0.3) is 30.4 Å². The molecule has 0 saturated heterocycles. The number of rotatable bonds is 8. The van der Waals surface area contributed by atoms with Gasteiger partial charge in [-0.15, -0.1) is 0 Å². The quantitative estimate of drug-likeness (QED) is 0.200. The minimum atomic E-state index is -4.00. The number of aliphatic hydroxyl groups excluding tert-OH is 3. The van der Waals surface area contributed by atoms with E-state index in [1.807, 2.05) is 6.92 Å². The SMILES string of the molecule is CCCCC(O)C(O)CO.O=S(=O)(O)c1ccccc1.O=S(=O)(O)c1ccccc1.O=S(=O)(O)c1ccccc1. The van der Waals surface area contributed by atoms with Crippen molar-refractivity contribution in [1.82, 2.24) is 0 Å². The van der Waals surface area contributed by atoms with Gasteiger partial charge >= 0.3 is 0 Å². The molecule has 0 aliphatic rings. The smallest absolute Gasteiger partial charge is 0.294 e. The van der Waals surface area contributed by atoms with Crippen molar-refractivity contribution in [2.45, 2.75) is 53.1 Å². The van der Waals surface area contributed by atoms with Crippen LogP contribution in [-0.4, -0.2) is 73.0 Å². The van der Waals surface area contributed by atoms with Gasteiger partial charge in [-0.2, -0.15) is 25.3 Å². The van der Waals surface area contributed by atoms with Crippen LogP contribution < -0.4 is 0 Å². The van der Waals surface area contributed by atoms with E-state index in [4.69, 9.17) is 29.0 Å². The maximum atomic E-state index is 10.4. The van der Waals surface area contributed by atoms with Crippen LogP contribution in [0.3, 0.4) is 0 Å². The van der Waals surface area contributed by atoms with E-state index in [0.29, 0.717) is 6.42 Å². The summed E-state index contributed by atoms with van der Waals surface area (Å²) in [6.07, 6.45) is 0.725. The van der Waals surface area contributed by atoms with Gasteiger partial charge in [0, 0.05) is 0 Å². The molecule has 2 unspecified atom stereocenters. The minimum absolute atomic E-state index is 0.0741. The van der Waals surface area contributed by atoms with Crippen molar-refractivity contribution >= 4 is 30.4 Å². The van der Waals surface area contributed by atoms with E-state index in [1.165, 1.54) is 36.4 Å². The van der Waals surface area contributed by atoms with Crippen LogP contribution in [0.5, 0.6) is 0 Å². The van der Waals surface area contributed by atoms with Crippen LogP contribution in [0.4, 0.5) is 0 Å². The second-order valence-electron chi connectivity index (χ2n) is 7.82. The zero-order valence-corrected chi connectivity index (χ0v) is 24.0. The Morgan fingerprint density at radius 1 is 0.550 bits per heavy atom. The van der Waals surface area contributed by atoms with Crippen molar-refractivity contribution in [2.24, 2.45) is 0 Å². The van der Waals surface area contributed by atoms with E-state index in [0.717, 1.165) is 12.8 Å². The molecule has 0 aliphatic carbocycles. The molecule has 0 spiro atoms. The van der Waals surface area contributed by atoms with Gasteiger partial charge in [0.15, 0.2) is 0 Å². The topological polar surface area (TPSA) is 224 Å². The maximum Gasteiger partial charge on any atom is 0.294 e. The molecule has 3 aromatic rings. The first-order chi connectivity index (χ1) is 18.5. The predicted octanol–water partition coefficient (Wildman–Crippen LogP) is 2.69. The summed E-state index contributed by atoms with van der Waals surface area (Å²) in [6.45, 7) is 1.66. The Hall–Kier alpha value is -2.73. The third-order valence-corrected chi connectivity index (χ3v) is 7.21. The van der Waals surface area contributed by atoms with Crippen LogP contribution in [0.2, 0.25) is 0 Å². The summed E-state index contributed by atoms with van der Waals surface area (Å²) >= 11 is 0. The zero-order valence-electron chi connectivity index (χ0n) is 21.5. The van der Waals surface area contributed by atoms with E-state index in [1.54, 1.807) is 54.6 Å². The molecule has 0 fully saturated rings. The van der Waals surface area contributed by atoms with Crippen LogP contribution in [0.25, 0.3) is 0 Å². The summed E-state index contributed by atoms with van der Waals surface area (Å²) in [5.41, 5.74) is 0. The summed E-state index contributed by atoms with van der Waals surface area (Å²) in [5.74, 6) is 0. The Morgan fingerprint density at radius 3 is 1.00 bits per heavy atom. The van der Waals surface area contributed by atoms with Gasteiger partial charge in [0.1, 0.15) is 6.10 Å². The van der Waals surface area contributed by atoms with Crippen molar-refractivity contribution in [2.75, 3.05) is 6.61 Å². The lowest BCUT2D eigenvalue weighted by Gasteiger charge is -2.14. The zero-order chi connectivity index (χ0) is 30.8. The monoisotopic (exact) mass is 622 g/mol. The number of unbranched alkanes of at least 4 members (excludes halogenated alkanes) is 1. The second-order valence-corrected chi connectivity index (χ2v) is 12.1. The summed E-state index contributed by atoms with van der Waals surface area (Å²) in [4.78, 5) is -0.222. The van der Waals surface area contributed by atoms with Crippen LogP contribution in [0.15, 0.2) is 106 Å².